The molecule has 4 rings (SSSR count). The lowest BCUT2D eigenvalue weighted by atomic mass is 10.0. The maximum Gasteiger partial charge on any atom is 0.251 e. The van der Waals surface area contributed by atoms with Crippen molar-refractivity contribution in [1.82, 2.24) is 5.32 Å². The van der Waals surface area contributed by atoms with E-state index in [9.17, 15) is 9.59 Å². The average Bonchev–Trinajstić information content (AvgIpc) is 2.85. The van der Waals surface area contributed by atoms with Crippen LogP contribution in [0.1, 0.15) is 33.2 Å². The summed E-state index contributed by atoms with van der Waals surface area (Å²) in [6.07, 6.45) is 1.55. The number of nitrogens with one attached hydrogen (secondary N) is 1. The molecular formula is C16H17NO4. The predicted octanol–water partition coefficient (Wildman–Crippen LogP) is 1.20. The Kier molecular flexibility index (Phi) is 2.79. The van der Waals surface area contributed by atoms with Crippen LogP contribution in [-0.2, 0) is 11.2 Å². The van der Waals surface area contributed by atoms with Gasteiger partial charge in [0.05, 0.1) is 18.8 Å². The van der Waals surface area contributed by atoms with E-state index in [1.165, 1.54) is 0 Å². The van der Waals surface area contributed by atoms with Crippen LogP contribution in [0.4, 0.5) is 0 Å². The van der Waals surface area contributed by atoms with E-state index in [0.29, 0.717) is 28.7 Å². The molecule has 3 unspecified atom stereocenters. The lowest BCUT2D eigenvalue weighted by Crippen LogP contribution is -2.30. The molecule has 1 saturated carbocycles. The lowest BCUT2D eigenvalue weighted by molar-refractivity contribution is 0.0929. The van der Waals surface area contributed by atoms with E-state index in [1.807, 2.05) is 13.0 Å². The highest BCUT2D eigenvalue weighted by molar-refractivity contribution is 5.97. The fraction of sp³-hybridized carbons (Fsp3) is 0.500. The number of benzene rings is 1. The molecule has 1 aromatic rings. The second kappa shape index (κ2) is 4.56. The number of carbonyl (C=O) groups excluding carboxylic acids is 2. The van der Waals surface area contributed by atoms with Crippen LogP contribution in [0.15, 0.2) is 12.1 Å². The van der Waals surface area contributed by atoms with Crippen LogP contribution in [0.25, 0.3) is 0 Å². The van der Waals surface area contributed by atoms with Gasteiger partial charge in [0.1, 0.15) is 11.9 Å². The Morgan fingerprint density at radius 3 is 2.81 bits per heavy atom. The van der Waals surface area contributed by atoms with E-state index < -0.39 is 0 Å². The van der Waals surface area contributed by atoms with Gasteiger partial charge in [-0.1, -0.05) is 0 Å². The molecule has 5 heteroatoms. The molecule has 1 saturated heterocycles. The first-order valence-corrected chi connectivity index (χ1v) is 7.34. The van der Waals surface area contributed by atoms with Crippen LogP contribution in [0, 0.1) is 11.8 Å². The van der Waals surface area contributed by atoms with Crippen LogP contribution in [0.5, 0.6) is 5.75 Å². The van der Waals surface area contributed by atoms with Crippen LogP contribution >= 0.6 is 0 Å². The van der Waals surface area contributed by atoms with E-state index in [4.69, 9.17) is 9.47 Å². The smallest absolute Gasteiger partial charge is 0.251 e. The Hall–Kier alpha value is -1.88. The quantitative estimate of drug-likeness (QED) is 0.848. The summed E-state index contributed by atoms with van der Waals surface area (Å²) in [5, 5.41) is 3.05. The molecule has 1 aromatic carbocycles. The van der Waals surface area contributed by atoms with Gasteiger partial charge in [-0.3, -0.25) is 9.59 Å². The summed E-state index contributed by atoms with van der Waals surface area (Å²) in [6, 6.07) is 3.69. The van der Waals surface area contributed by atoms with Crippen LogP contribution in [0.3, 0.4) is 0 Å². The molecule has 1 amide bonds. The molecular weight excluding hydrogens is 270 g/mol. The molecule has 1 aliphatic carbocycles. The normalized spacial score (nSPS) is 32.0. The van der Waals surface area contributed by atoms with Crippen molar-refractivity contribution in [3.05, 3.63) is 28.8 Å². The molecule has 1 N–H and O–H groups in total. The molecule has 3 atom stereocenters. The Bertz CT molecular complexity index is 617. The number of aldehydes is 1. The summed E-state index contributed by atoms with van der Waals surface area (Å²) in [5.74, 6) is 1.46. The van der Waals surface area contributed by atoms with Crippen LogP contribution < -0.4 is 10.1 Å². The zero-order chi connectivity index (χ0) is 14.6. The number of carbonyl (C=O) groups is 2. The standard InChI is InChI=1S/C16H17NO4/c1-8-2-9-3-10(4-11(5-18)15(9)21-8)16(19)17-14-12-6-20-7-13(12)14/h3-5,8,12-14H,2,6-7H2,1H3,(H,17,19). The Morgan fingerprint density at radius 1 is 1.33 bits per heavy atom. The van der Waals surface area contributed by atoms with Gasteiger partial charge in [0.25, 0.3) is 5.91 Å². The summed E-state index contributed by atoms with van der Waals surface area (Å²) in [6.45, 7) is 3.44. The van der Waals surface area contributed by atoms with E-state index in [1.54, 1.807) is 6.07 Å². The summed E-state index contributed by atoms with van der Waals surface area (Å²) in [7, 11) is 0. The number of amides is 1. The Labute approximate surface area is 122 Å². The van der Waals surface area contributed by atoms with Crippen molar-refractivity contribution in [3.63, 3.8) is 0 Å². The van der Waals surface area contributed by atoms with Crippen molar-refractivity contribution in [3.8, 4) is 5.75 Å². The molecule has 5 nitrogen and oxygen atoms in total. The first kappa shape index (κ1) is 12.8. The third-order valence-corrected chi connectivity index (χ3v) is 4.66. The van der Waals surface area contributed by atoms with E-state index >= 15 is 0 Å². The number of rotatable bonds is 3. The third-order valence-electron chi connectivity index (χ3n) is 4.66. The topological polar surface area (TPSA) is 64.6 Å². The van der Waals surface area contributed by atoms with Gasteiger partial charge in [-0.25, -0.2) is 0 Å². The predicted molar refractivity (Wildman–Crippen MR) is 74.7 cm³/mol. The highest BCUT2D eigenvalue weighted by Gasteiger charge is 2.54. The van der Waals surface area contributed by atoms with Crippen LogP contribution in [0.2, 0.25) is 0 Å². The Morgan fingerprint density at radius 2 is 2.10 bits per heavy atom. The second-order valence-electron chi connectivity index (χ2n) is 6.17. The van der Waals surface area contributed by atoms with Crippen molar-refractivity contribution in [2.75, 3.05) is 13.2 Å². The summed E-state index contributed by atoms with van der Waals surface area (Å²) < 4.78 is 11.0. The molecule has 2 aliphatic heterocycles. The Balaban J connectivity index is 1.56. The molecule has 3 aliphatic rings. The molecule has 2 fully saturated rings. The van der Waals surface area contributed by atoms with Crippen molar-refractivity contribution in [2.45, 2.75) is 25.5 Å². The van der Waals surface area contributed by atoms with Gasteiger partial charge in [-0.15, -0.1) is 0 Å². The van der Waals surface area contributed by atoms with Crippen molar-refractivity contribution < 1.29 is 19.1 Å². The summed E-state index contributed by atoms with van der Waals surface area (Å²) in [5.41, 5.74) is 1.94. The van der Waals surface area contributed by atoms with Gasteiger partial charge in [0.15, 0.2) is 6.29 Å². The fourth-order valence-electron chi connectivity index (χ4n) is 3.47. The third kappa shape index (κ3) is 2.03. The first-order valence-electron chi connectivity index (χ1n) is 7.34. The maximum absolute atomic E-state index is 12.4. The molecule has 21 heavy (non-hydrogen) atoms. The maximum atomic E-state index is 12.4. The van der Waals surface area contributed by atoms with E-state index in [-0.39, 0.29) is 18.1 Å². The lowest BCUT2D eigenvalue weighted by Gasteiger charge is -2.10. The van der Waals surface area contributed by atoms with Crippen molar-refractivity contribution >= 4 is 12.2 Å². The molecule has 0 radical (unpaired) electrons. The highest BCUT2D eigenvalue weighted by Crippen LogP contribution is 2.44. The van der Waals surface area contributed by atoms with Gasteiger partial charge in [-0.2, -0.15) is 0 Å². The monoisotopic (exact) mass is 287 g/mol. The van der Waals surface area contributed by atoms with Crippen molar-refractivity contribution in [2.24, 2.45) is 11.8 Å². The van der Waals surface area contributed by atoms with Crippen molar-refractivity contribution in [1.29, 1.82) is 0 Å². The van der Waals surface area contributed by atoms with Gasteiger partial charge in [0.2, 0.25) is 0 Å². The number of hydrogen-bond donors (Lipinski definition) is 1. The minimum absolute atomic E-state index is 0.0527. The van der Waals surface area contributed by atoms with E-state index in [2.05, 4.69) is 5.32 Å². The second-order valence-corrected chi connectivity index (χ2v) is 6.17. The van der Waals surface area contributed by atoms with Gasteiger partial charge in [0, 0.05) is 29.9 Å². The average molecular weight is 287 g/mol. The fourth-order valence-corrected chi connectivity index (χ4v) is 3.47. The molecule has 0 bridgehead atoms. The molecule has 2 heterocycles. The zero-order valence-corrected chi connectivity index (χ0v) is 11.8. The molecule has 0 aromatic heterocycles. The number of fused-ring (bicyclic) bond motifs is 2. The van der Waals surface area contributed by atoms with Crippen LogP contribution in [-0.4, -0.2) is 37.6 Å². The number of hydrogen-bond acceptors (Lipinski definition) is 4. The molecule has 0 spiro atoms. The highest BCUT2D eigenvalue weighted by atomic mass is 16.5. The number of ether oxygens (including phenoxy) is 2. The first-order chi connectivity index (χ1) is 10.2. The largest absolute Gasteiger partial charge is 0.489 e. The summed E-state index contributed by atoms with van der Waals surface area (Å²) >= 11 is 0. The van der Waals surface area contributed by atoms with E-state index in [0.717, 1.165) is 31.5 Å². The minimum Gasteiger partial charge on any atom is -0.489 e. The minimum atomic E-state index is -0.111. The van der Waals surface area contributed by atoms with Gasteiger partial charge < -0.3 is 14.8 Å². The zero-order valence-electron chi connectivity index (χ0n) is 11.8. The SMILES string of the molecule is CC1Cc2cc(C(=O)NC3C4COCC43)cc(C=O)c2O1. The molecule has 110 valence electrons. The van der Waals surface area contributed by atoms with Gasteiger partial charge >= 0.3 is 0 Å². The van der Waals surface area contributed by atoms with Gasteiger partial charge in [-0.05, 0) is 24.6 Å². The summed E-state index contributed by atoms with van der Waals surface area (Å²) in [4.78, 5) is 23.6.